The predicted octanol–water partition coefficient (Wildman–Crippen LogP) is 3.14. The fraction of sp³-hybridized carbons (Fsp3) is 0.818. The summed E-state index contributed by atoms with van der Waals surface area (Å²) in [5, 5.41) is 11.6. The van der Waals surface area contributed by atoms with Gasteiger partial charge in [0, 0.05) is 29.4 Å². The van der Waals surface area contributed by atoms with Crippen LogP contribution in [0.4, 0.5) is 0 Å². The van der Waals surface area contributed by atoms with E-state index in [1.54, 1.807) is 0 Å². The van der Waals surface area contributed by atoms with Crippen molar-refractivity contribution in [3.8, 4) is 0 Å². The third kappa shape index (κ3) is 1.38. The summed E-state index contributed by atoms with van der Waals surface area (Å²) in [5.41, 5.74) is 1.04. The number of hydrogen-bond donors (Lipinski definition) is 1. The monoisotopic (exact) mass is 355 g/mol. The molecule has 140 valence electrons. The molecule has 0 amide bonds. The van der Waals surface area contributed by atoms with Gasteiger partial charge >= 0.3 is 5.97 Å². The summed E-state index contributed by atoms with van der Waals surface area (Å²) in [4.78, 5) is 17.2. The van der Waals surface area contributed by atoms with Gasteiger partial charge in [0.05, 0.1) is 12.1 Å². The summed E-state index contributed by atoms with van der Waals surface area (Å²) in [6.07, 6.45) is 8.23. The number of rotatable bonds is 1. The Bertz CT molecular complexity index is 760. The normalized spacial score (nSPS) is 60.9. The Morgan fingerprint density at radius 3 is 2.88 bits per heavy atom. The molecule has 7 aliphatic rings. The van der Waals surface area contributed by atoms with Crippen molar-refractivity contribution >= 4 is 12.2 Å². The number of esters is 1. The molecule has 7 rings (SSSR count). The molecule has 0 aromatic carbocycles. The molecule has 0 radical (unpaired) electrons. The van der Waals surface area contributed by atoms with Gasteiger partial charge in [0.25, 0.3) is 0 Å². The number of hydrogen-bond acceptors (Lipinski definition) is 4. The number of aliphatic hydroxyl groups excluding tert-OH is 1. The first-order valence-electron chi connectivity index (χ1n) is 10.4. The van der Waals surface area contributed by atoms with Gasteiger partial charge < -0.3 is 9.84 Å². The van der Waals surface area contributed by atoms with Crippen LogP contribution in [0.1, 0.15) is 52.4 Å². The van der Waals surface area contributed by atoms with Crippen LogP contribution in [0.15, 0.2) is 17.1 Å². The highest BCUT2D eigenvalue weighted by molar-refractivity contribution is 5.70. The molecular formula is C22H29NO3. The molecule has 4 nitrogen and oxygen atoms in total. The minimum absolute atomic E-state index is 0.127. The smallest absolute Gasteiger partial charge is 0.303 e. The molecule has 6 saturated carbocycles. The molecule has 6 aliphatic carbocycles. The largest absolute Gasteiger partial charge is 0.457 e. The molecule has 0 saturated heterocycles. The molecule has 0 aromatic rings. The highest BCUT2D eigenvalue weighted by atomic mass is 16.5. The van der Waals surface area contributed by atoms with Gasteiger partial charge in [-0.3, -0.25) is 9.79 Å². The van der Waals surface area contributed by atoms with E-state index in [1.807, 2.05) is 0 Å². The average Bonchev–Trinajstić information content (AvgIpc) is 2.67. The maximum absolute atomic E-state index is 11.9. The van der Waals surface area contributed by atoms with E-state index in [0.717, 1.165) is 24.8 Å². The molecule has 10 unspecified atom stereocenters. The second kappa shape index (κ2) is 4.45. The molecule has 0 aromatic heterocycles. The van der Waals surface area contributed by atoms with Crippen molar-refractivity contribution in [3.63, 3.8) is 0 Å². The number of aliphatic hydroxyl groups is 1. The van der Waals surface area contributed by atoms with Gasteiger partial charge in [-0.25, -0.2) is 0 Å². The first-order chi connectivity index (χ1) is 12.4. The van der Waals surface area contributed by atoms with E-state index in [-0.39, 0.29) is 28.3 Å². The summed E-state index contributed by atoms with van der Waals surface area (Å²) in [7, 11) is 0. The third-order valence-corrected chi connectivity index (χ3v) is 9.82. The summed E-state index contributed by atoms with van der Waals surface area (Å²) in [6, 6.07) is 0.305. The number of aliphatic imine (C=N–C) groups is 1. The maximum Gasteiger partial charge on any atom is 0.303 e. The Balaban J connectivity index is 1.60. The van der Waals surface area contributed by atoms with E-state index in [9.17, 15) is 9.90 Å². The Labute approximate surface area is 155 Å². The zero-order valence-corrected chi connectivity index (χ0v) is 15.8. The second-order valence-electron chi connectivity index (χ2n) is 10.4. The average molecular weight is 355 g/mol. The van der Waals surface area contributed by atoms with Gasteiger partial charge in [-0.1, -0.05) is 19.9 Å². The van der Waals surface area contributed by atoms with Gasteiger partial charge in [-0.05, 0) is 61.3 Å². The van der Waals surface area contributed by atoms with Gasteiger partial charge in [0.1, 0.15) is 6.10 Å². The van der Waals surface area contributed by atoms with Crippen molar-refractivity contribution in [2.45, 2.75) is 70.6 Å². The fourth-order valence-corrected chi connectivity index (χ4v) is 9.31. The van der Waals surface area contributed by atoms with Crippen molar-refractivity contribution in [3.05, 3.63) is 12.2 Å². The van der Waals surface area contributed by atoms with Crippen LogP contribution in [0.3, 0.4) is 0 Å². The van der Waals surface area contributed by atoms with Crippen molar-refractivity contribution in [2.75, 3.05) is 0 Å². The standard InChI is InChI=1S/C22H29NO3/c1-11-13-7-14-18-21-6-4-5-20(3,10-23-18)15(21)9-17(25)22(14,16(21)8-13)19(11)26-12(2)24/h10,13-19,25H,1,4-9H2,2-3H3. The SMILES string of the molecule is C=C1C2CC3C4N=CC5(C)CCCC46C5CC(O)C3(C1OC(C)=O)C6C2. The summed E-state index contributed by atoms with van der Waals surface area (Å²) in [6.45, 7) is 8.21. The lowest BCUT2D eigenvalue weighted by Crippen LogP contribution is -2.67. The maximum atomic E-state index is 11.9. The molecular weight excluding hydrogens is 326 g/mol. The van der Waals surface area contributed by atoms with Crippen LogP contribution in [0, 0.1) is 39.9 Å². The third-order valence-electron chi connectivity index (χ3n) is 9.82. The Kier molecular flexibility index (Phi) is 2.72. The Morgan fingerprint density at radius 1 is 1.31 bits per heavy atom. The molecule has 2 spiro atoms. The van der Waals surface area contributed by atoms with E-state index in [0.29, 0.717) is 29.7 Å². The minimum atomic E-state index is -0.415. The van der Waals surface area contributed by atoms with Crippen molar-refractivity contribution < 1.29 is 14.6 Å². The lowest BCUT2D eigenvalue weighted by molar-refractivity contribution is -0.227. The van der Waals surface area contributed by atoms with Crippen LogP contribution in [-0.2, 0) is 9.53 Å². The van der Waals surface area contributed by atoms with E-state index < -0.39 is 6.10 Å². The molecule has 26 heavy (non-hydrogen) atoms. The van der Waals surface area contributed by atoms with E-state index in [2.05, 4.69) is 19.7 Å². The Hall–Kier alpha value is -1.16. The molecule has 10 atom stereocenters. The number of ether oxygens (including phenoxy) is 1. The number of nitrogens with zero attached hydrogens (tertiary/aromatic N) is 1. The highest BCUT2D eigenvalue weighted by Gasteiger charge is 2.83. The van der Waals surface area contributed by atoms with Crippen LogP contribution in [0.2, 0.25) is 0 Å². The van der Waals surface area contributed by atoms with Crippen LogP contribution in [-0.4, -0.2) is 35.5 Å². The molecule has 4 heteroatoms. The topological polar surface area (TPSA) is 58.9 Å². The van der Waals surface area contributed by atoms with Crippen LogP contribution >= 0.6 is 0 Å². The van der Waals surface area contributed by atoms with Gasteiger partial charge in [0.15, 0.2) is 0 Å². The predicted molar refractivity (Wildman–Crippen MR) is 97.6 cm³/mol. The van der Waals surface area contributed by atoms with Crippen molar-refractivity contribution in [1.29, 1.82) is 0 Å². The van der Waals surface area contributed by atoms with Gasteiger partial charge in [0.2, 0.25) is 0 Å². The minimum Gasteiger partial charge on any atom is -0.457 e. The summed E-state index contributed by atoms with van der Waals surface area (Å²) in [5.74, 6) is 1.45. The highest BCUT2D eigenvalue weighted by Crippen LogP contribution is 2.82. The van der Waals surface area contributed by atoms with E-state index in [4.69, 9.17) is 9.73 Å². The zero-order valence-electron chi connectivity index (χ0n) is 15.8. The molecule has 1 aliphatic heterocycles. The lowest BCUT2D eigenvalue weighted by atomic mass is 9.39. The molecule has 1 heterocycles. The van der Waals surface area contributed by atoms with Crippen LogP contribution in [0.25, 0.3) is 0 Å². The Morgan fingerprint density at radius 2 is 2.12 bits per heavy atom. The van der Waals surface area contributed by atoms with Crippen molar-refractivity contribution in [2.24, 2.45) is 44.9 Å². The number of carbonyl (C=O) groups is 1. The summed E-state index contributed by atoms with van der Waals surface area (Å²) < 4.78 is 5.92. The summed E-state index contributed by atoms with van der Waals surface area (Å²) >= 11 is 0. The second-order valence-corrected chi connectivity index (χ2v) is 10.4. The van der Waals surface area contributed by atoms with E-state index in [1.165, 1.54) is 26.2 Å². The molecule has 1 N–H and O–H groups in total. The van der Waals surface area contributed by atoms with Gasteiger partial charge in [-0.15, -0.1) is 0 Å². The number of fused-ring (bicyclic) bond motifs is 1. The van der Waals surface area contributed by atoms with Crippen LogP contribution in [0.5, 0.6) is 0 Å². The molecule has 6 fully saturated rings. The number of carbonyl (C=O) groups excluding carboxylic acids is 1. The molecule has 6 bridgehead atoms. The zero-order chi connectivity index (χ0) is 18.1. The first kappa shape index (κ1) is 15.9. The van der Waals surface area contributed by atoms with E-state index >= 15 is 0 Å². The lowest BCUT2D eigenvalue weighted by Gasteiger charge is -2.66. The van der Waals surface area contributed by atoms with Crippen molar-refractivity contribution in [1.82, 2.24) is 0 Å². The quantitative estimate of drug-likeness (QED) is 0.581. The first-order valence-corrected chi connectivity index (χ1v) is 10.4. The van der Waals surface area contributed by atoms with Gasteiger partial charge in [-0.2, -0.15) is 0 Å². The van der Waals surface area contributed by atoms with Crippen LogP contribution < -0.4 is 0 Å². The fourth-order valence-electron chi connectivity index (χ4n) is 9.31.